The summed E-state index contributed by atoms with van der Waals surface area (Å²) < 4.78 is 0. The minimum Gasteiger partial charge on any atom is -0.342 e. The Kier molecular flexibility index (Phi) is 3.64. The Morgan fingerprint density at radius 3 is 2.33 bits per heavy atom. The molecule has 1 aliphatic carbocycles. The molecule has 1 saturated heterocycles. The number of carbonyl (C=O) groups is 2. The van der Waals surface area contributed by atoms with E-state index in [1.54, 1.807) is 0 Å². The van der Waals surface area contributed by atoms with Crippen LogP contribution in [0.4, 0.5) is 0 Å². The molecule has 102 valence electrons. The third-order valence-electron chi connectivity index (χ3n) is 4.17. The van der Waals surface area contributed by atoms with Crippen LogP contribution >= 0.6 is 0 Å². The molecule has 4 heteroatoms. The molecule has 1 saturated carbocycles. The van der Waals surface area contributed by atoms with E-state index in [0.29, 0.717) is 6.04 Å². The monoisotopic (exact) mass is 252 g/mol. The first-order valence-corrected chi connectivity index (χ1v) is 7.09. The van der Waals surface area contributed by atoms with E-state index >= 15 is 0 Å². The first kappa shape index (κ1) is 13.4. The molecule has 0 aromatic carbocycles. The Labute approximate surface area is 109 Å². The smallest absolute Gasteiger partial charge is 0.246 e. The van der Waals surface area contributed by atoms with Gasteiger partial charge in [0.1, 0.15) is 12.1 Å². The van der Waals surface area contributed by atoms with Crippen molar-refractivity contribution in [1.29, 1.82) is 0 Å². The van der Waals surface area contributed by atoms with Crippen LogP contribution in [0, 0.1) is 11.8 Å². The van der Waals surface area contributed by atoms with Gasteiger partial charge in [-0.1, -0.05) is 34.1 Å². The van der Waals surface area contributed by atoms with Gasteiger partial charge in [0.25, 0.3) is 0 Å². The second-order valence-corrected chi connectivity index (χ2v) is 6.04. The van der Waals surface area contributed by atoms with Crippen LogP contribution in [0.5, 0.6) is 0 Å². The second kappa shape index (κ2) is 4.90. The molecule has 1 aliphatic heterocycles. The zero-order valence-corrected chi connectivity index (χ0v) is 11.8. The van der Waals surface area contributed by atoms with Crippen LogP contribution in [0.3, 0.4) is 0 Å². The van der Waals surface area contributed by atoms with E-state index in [0.717, 1.165) is 19.3 Å². The van der Waals surface area contributed by atoms with Crippen LogP contribution in [-0.2, 0) is 9.59 Å². The molecular weight excluding hydrogens is 228 g/mol. The van der Waals surface area contributed by atoms with Crippen LogP contribution in [0.15, 0.2) is 0 Å². The Balaban J connectivity index is 2.24. The van der Waals surface area contributed by atoms with Gasteiger partial charge in [-0.15, -0.1) is 0 Å². The van der Waals surface area contributed by atoms with E-state index in [1.807, 2.05) is 25.7 Å². The van der Waals surface area contributed by atoms with Gasteiger partial charge >= 0.3 is 0 Å². The van der Waals surface area contributed by atoms with E-state index in [1.165, 1.54) is 0 Å². The van der Waals surface area contributed by atoms with E-state index in [4.69, 9.17) is 0 Å². The fraction of sp³-hybridized carbons (Fsp3) is 0.857. The number of nitrogens with zero attached hydrogens (tertiary/aromatic N) is 1. The normalized spacial score (nSPS) is 30.6. The van der Waals surface area contributed by atoms with Gasteiger partial charge in [0, 0.05) is 6.04 Å². The summed E-state index contributed by atoms with van der Waals surface area (Å²) in [7, 11) is 0. The predicted octanol–water partition coefficient (Wildman–Crippen LogP) is 1.55. The molecule has 1 N–H and O–H groups in total. The fourth-order valence-electron chi connectivity index (χ4n) is 2.73. The maximum Gasteiger partial charge on any atom is 0.246 e. The Hall–Kier alpha value is -1.06. The average molecular weight is 252 g/mol. The van der Waals surface area contributed by atoms with Crippen molar-refractivity contribution in [2.24, 2.45) is 11.8 Å². The van der Waals surface area contributed by atoms with Crippen molar-refractivity contribution in [1.82, 2.24) is 10.2 Å². The summed E-state index contributed by atoms with van der Waals surface area (Å²) in [5.41, 5.74) is 0. The van der Waals surface area contributed by atoms with Crippen molar-refractivity contribution in [3.05, 3.63) is 0 Å². The molecule has 2 amide bonds. The third kappa shape index (κ3) is 2.25. The number of carbonyl (C=O) groups excluding carboxylic acids is 2. The minimum absolute atomic E-state index is 0.0294. The topological polar surface area (TPSA) is 49.4 Å². The average Bonchev–Trinajstić information content (AvgIpc) is 3.13. The summed E-state index contributed by atoms with van der Waals surface area (Å²) in [4.78, 5) is 26.7. The van der Waals surface area contributed by atoms with E-state index < -0.39 is 0 Å². The zero-order valence-electron chi connectivity index (χ0n) is 11.8. The highest BCUT2D eigenvalue weighted by Gasteiger charge is 2.48. The zero-order chi connectivity index (χ0) is 13.4. The van der Waals surface area contributed by atoms with Crippen LogP contribution in [0.2, 0.25) is 0 Å². The summed E-state index contributed by atoms with van der Waals surface area (Å²) in [5, 5.41) is 2.93. The molecule has 0 aromatic heterocycles. The Bertz CT molecular complexity index is 350. The Morgan fingerprint density at radius 2 is 1.89 bits per heavy atom. The number of amides is 2. The van der Waals surface area contributed by atoms with Gasteiger partial charge in [0.15, 0.2) is 0 Å². The summed E-state index contributed by atoms with van der Waals surface area (Å²) in [6, 6.07) is -0.286. The summed E-state index contributed by atoms with van der Waals surface area (Å²) in [6.07, 6.45) is 3.01. The lowest BCUT2D eigenvalue weighted by Crippen LogP contribution is -2.66. The van der Waals surface area contributed by atoms with Gasteiger partial charge in [-0.25, -0.2) is 0 Å². The Morgan fingerprint density at radius 1 is 1.28 bits per heavy atom. The lowest BCUT2D eigenvalue weighted by atomic mass is 9.90. The van der Waals surface area contributed by atoms with Crippen molar-refractivity contribution >= 4 is 11.8 Å². The van der Waals surface area contributed by atoms with Gasteiger partial charge < -0.3 is 10.2 Å². The molecule has 0 aromatic rings. The highest BCUT2D eigenvalue weighted by atomic mass is 16.2. The molecule has 0 bridgehead atoms. The maximum absolute atomic E-state index is 12.6. The molecule has 1 heterocycles. The van der Waals surface area contributed by atoms with E-state index in [-0.39, 0.29) is 35.7 Å². The minimum atomic E-state index is -0.321. The fourth-order valence-corrected chi connectivity index (χ4v) is 2.73. The standard InChI is InChI=1S/C14H24N2O2/c1-5-9(4)11-14(18)16(10-6-7-10)12(8(2)3)13(17)15-11/h8-12H,5-7H2,1-4H3,(H,15,17). The summed E-state index contributed by atoms with van der Waals surface area (Å²) in [5.74, 6) is 0.537. The summed E-state index contributed by atoms with van der Waals surface area (Å²) in [6.45, 7) is 8.11. The van der Waals surface area contributed by atoms with Gasteiger partial charge in [-0.2, -0.15) is 0 Å². The van der Waals surface area contributed by atoms with Crippen molar-refractivity contribution < 1.29 is 9.59 Å². The quantitative estimate of drug-likeness (QED) is 0.825. The van der Waals surface area contributed by atoms with E-state index in [2.05, 4.69) is 12.2 Å². The molecule has 2 aliphatic rings. The highest BCUT2D eigenvalue weighted by Crippen LogP contribution is 2.34. The maximum atomic E-state index is 12.6. The van der Waals surface area contributed by atoms with Crippen molar-refractivity contribution in [3.8, 4) is 0 Å². The molecule has 2 fully saturated rings. The summed E-state index contributed by atoms with van der Waals surface area (Å²) >= 11 is 0. The molecule has 4 nitrogen and oxygen atoms in total. The van der Waals surface area contributed by atoms with Crippen molar-refractivity contribution in [3.63, 3.8) is 0 Å². The van der Waals surface area contributed by atoms with E-state index in [9.17, 15) is 9.59 Å². The highest BCUT2D eigenvalue weighted by molar-refractivity contribution is 5.97. The largest absolute Gasteiger partial charge is 0.342 e. The van der Waals surface area contributed by atoms with Crippen molar-refractivity contribution in [2.45, 2.75) is 65.1 Å². The first-order chi connectivity index (χ1) is 8.47. The van der Waals surface area contributed by atoms with Crippen LogP contribution in [0.25, 0.3) is 0 Å². The molecule has 2 rings (SSSR count). The molecule has 18 heavy (non-hydrogen) atoms. The molecule has 3 atom stereocenters. The lowest BCUT2D eigenvalue weighted by molar-refractivity contribution is -0.153. The van der Waals surface area contributed by atoms with Gasteiger partial charge in [-0.3, -0.25) is 9.59 Å². The predicted molar refractivity (Wildman–Crippen MR) is 69.9 cm³/mol. The SMILES string of the molecule is CCC(C)C1NC(=O)C(C(C)C)N(C2CC2)C1=O. The number of piperazine rings is 1. The van der Waals surface area contributed by atoms with Crippen molar-refractivity contribution in [2.75, 3.05) is 0 Å². The number of rotatable bonds is 4. The first-order valence-electron chi connectivity index (χ1n) is 7.09. The number of hydrogen-bond acceptors (Lipinski definition) is 2. The number of hydrogen-bond donors (Lipinski definition) is 1. The molecule has 0 spiro atoms. The molecular formula is C14H24N2O2. The van der Waals surface area contributed by atoms with Crippen LogP contribution in [-0.4, -0.2) is 34.8 Å². The number of nitrogens with one attached hydrogen (secondary N) is 1. The second-order valence-electron chi connectivity index (χ2n) is 6.04. The van der Waals surface area contributed by atoms with Gasteiger partial charge in [0.2, 0.25) is 11.8 Å². The molecule has 3 unspecified atom stereocenters. The van der Waals surface area contributed by atoms with Gasteiger partial charge in [0.05, 0.1) is 0 Å². The third-order valence-corrected chi connectivity index (χ3v) is 4.17. The van der Waals surface area contributed by atoms with Gasteiger partial charge in [-0.05, 0) is 24.7 Å². The van der Waals surface area contributed by atoms with Crippen LogP contribution < -0.4 is 5.32 Å². The molecule has 0 radical (unpaired) electrons. The van der Waals surface area contributed by atoms with Crippen LogP contribution in [0.1, 0.15) is 47.0 Å². The lowest BCUT2D eigenvalue weighted by Gasteiger charge is -2.42.